The Morgan fingerprint density at radius 3 is 2.25 bits per heavy atom. The summed E-state index contributed by atoms with van der Waals surface area (Å²) in [5, 5.41) is -0.230. The monoisotopic (exact) mass is 302 g/mol. The number of benzene rings is 2. The van der Waals surface area contributed by atoms with Crippen LogP contribution in [-0.4, -0.2) is 5.78 Å². The molecule has 0 aliphatic heterocycles. The summed E-state index contributed by atoms with van der Waals surface area (Å²) in [6, 6.07) is 7.29. The summed E-state index contributed by atoms with van der Waals surface area (Å²) in [6.07, 6.45) is -4.65. The van der Waals surface area contributed by atoms with Gasteiger partial charge in [0.05, 0.1) is 10.6 Å². The molecule has 0 fully saturated rings. The van der Waals surface area contributed by atoms with Gasteiger partial charge >= 0.3 is 6.18 Å². The molecule has 0 saturated heterocycles. The Kier molecular flexibility index (Phi) is 3.81. The van der Waals surface area contributed by atoms with E-state index in [1.165, 1.54) is 12.1 Å². The smallest absolute Gasteiger partial charge is 0.289 e. The second-order valence-electron chi connectivity index (χ2n) is 4.00. The molecule has 0 heterocycles. The number of carbonyl (C=O) groups is 1. The highest BCUT2D eigenvalue weighted by atomic mass is 35.5. The van der Waals surface area contributed by atoms with Crippen molar-refractivity contribution in [2.45, 2.75) is 6.18 Å². The first-order valence-electron chi connectivity index (χ1n) is 5.46. The Bertz CT molecular complexity index is 664. The minimum absolute atomic E-state index is 0.176. The van der Waals surface area contributed by atoms with Gasteiger partial charge in [0.1, 0.15) is 5.82 Å². The van der Waals surface area contributed by atoms with Crippen LogP contribution in [0.3, 0.4) is 0 Å². The average molecular weight is 303 g/mol. The van der Waals surface area contributed by atoms with E-state index >= 15 is 0 Å². The summed E-state index contributed by atoms with van der Waals surface area (Å²) in [7, 11) is 0. The lowest BCUT2D eigenvalue weighted by molar-refractivity contribution is -0.137. The standard InChI is InChI=1S/C14H7ClF4O/c15-12-7-8(16)5-6-10(12)13(20)9-3-1-2-4-11(9)14(17,18)19/h1-7H. The second kappa shape index (κ2) is 5.25. The summed E-state index contributed by atoms with van der Waals surface area (Å²) in [4.78, 5) is 12.1. The molecule has 104 valence electrons. The first-order valence-corrected chi connectivity index (χ1v) is 5.84. The Morgan fingerprint density at radius 2 is 1.65 bits per heavy atom. The lowest BCUT2D eigenvalue weighted by Gasteiger charge is -2.12. The fourth-order valence-corrected chi connectivity index (χ4v) is 2.00. The summed E-state index contributed by atoms with van der Waals surface area (Å²) in [5.41, 5.74) is -1.75. The number of carbonyl (C=O) groups excluding carboxylic acids is 1. The minimum atomic E-state index is -4.65. The van der Waals surface area contributed by atoms with E-state index in [2.05, 4.69) is 0 Å². The third kappa shape index (κ3) is 2.82. The van der Waals surface area contributed by atoms with Crippen molar-refractivity contribution in [2.24, 2.45) is 0 Å². The van der Waals surface area contributed by atoms with Gasteiger partial charge in [-0.15, -0.1) is 0 Å². The van der Waals surface area contributed by atoms with Gasteiger partial charge in [-0.3, -0.25) is 4.79 Å². The number of halogens is 5. The van der Waals surface area contributed by atoms with Gasteiger partial charge in [0, 0.05) is 11.1 Å². The average Bonchev–Trinajstić information content (AvgIpc) is 2.37. The van der Waals surface area contributed by atoms with Crippen LogP contribution in [0.15, 0.2) is 42.5 Å². The molecule has 0 spiro atoms. The topological polar surface area (TPSA) is 17.1 Å². The van der Waals surface area contributed by atoms with E-state index in [-0.39, 0.29) is 10.6 Å². The molecule has 6 heteroatoms. The third-order valence-corrected chi connectivity index (χ3v) is 2.97. The molecule has 2 aromatic rings. The lowest BCUT2D eigenvalue weighted by atomic mass is 9.98. The number of alkyl halides is 3. The van der Waals surface area contributed by atoms with Crippen LogP contribution in [0.1, 0.15) is 21.5 Å². The van der Waals surface area contributed by atoms with Crippen molar-refractivity contribution >= 4 is 17.4 Å². The Morgan fingerprint density at radius 1 is 1.00 bits per heavy atom. The van der Waals surface area contributed by atoms with Crippen LogP contribution in [-0.2, 0) is 6.18 Å². The normalized spacial score (nSPS) is 11.4. The quantitative estimate of drug-likeness (QED) is 0.579. The zero-order chi connectivity index (χ0) is 14.9. The van der Waals surface area contributed by atoms with Gasteiger partial charge < -0.3 is 0 Å². The minimum Gasteiger partial charge on any atom is -0.289 e. The molecule has 0 saturated carbocycles. The van der Waals surface area contributed by atoms with E-state index in [0.29, 0.717) is 0 Å². The van der Waals surface area contributed by atoms with Crippen molar-refractivity contribution in [2.75, 3.05) is 0 Å². The molecule has 2 rings (SSSR count). The van der Waals surface area contributed by atoms with Crippen molar-refractivity contribution in [1.82, 2.24) is 0 Å². The zero-order valence-corrected chi connectivity index (χ0v) is 10.6. The van der Waals surface area contributed by atoms with Gasteiger partial charge in [0.15, 0.2) is 5.78 Å². The largest absolute Gasteiger partial charge is 0.417 e. The summed E-state index contributed by atoms with van der Waals surface area (Å²) in [6.45, 7) is 0. The van der Waals surface area contributed by atoms with E-state index in [0.717, 1.165) is 30.3 Å². The third-order valence-electron chi connectivity index (χ3n) is 2.65. The maximum Gasteiger partial charge on any atom is 0.417 e. The molecule has 1 nitrogen and oxygen atoms in total. The maximum atomic E-state index is 12.9. The number of hydrogen-bond donors (Lipinski definition) is 0. The molecule has 20 heavy (non-hydrogen) atoms. The van der Waals surface area contributed by atoms with Crippen molar-refractivity contribution in [3.05, 3.63) is 70.0 Å². The first kappa shape index (κ1) is 14.5. The predicted molar refractivity (Wildman–Crippen MR) is 66.3 cm³/mol. The molecule has 0 radical (unpaired) electrons. The SMILES string of the molecule is O=C(c1ccc(F)cc1Cl)c1ccccc1C(F)(F)F. The van der Waals surface area contributed by atoms with Gasteiger partial charge in [0.25, 0.3) is 0 Å². The highest BCUT2D eigenvalue weighted by Gasteiger charge is 2.35. The molecule has 0 bridgehead atoms. The van der Waals surface area contributed by atoms with Crippen molar-refractivity contribution in [3.63, 3.8) is 0 Å². The molecule has 0 N–H and O–H groups in total. The molecule has 0 aliphatic carbocycles. The van der Waals surface area contributed by atoms with Crippen LogP contribution in [0, 0.1) is 5.82 Å². The molecule has 0 unspecified atom stereocenters. The fourth-order valence-electron chi connectivity index (χ4n) is 1.75. The van der Waals surface area contributed by atoms with Crippen LogP contribution in [0.5, 0.6) is 0 Å². The van der Waals surface area contributed by atoms with Crippen LogP contribution >= 0.6 is 11.6 Å². The van der Waals surface area contributed by atoms with Gasteiger partial charge in [0.2, 0.25) is 0 Å². The number of rotatable bonds is 2. The summed E-state index contributed by atoms with van der Waals surface area (Å²) in [5.74, 6) is -1.57. The van der Waals surface area contributed by atoms with Crippen molar-refractivity contribution in [3.8, 4) is 0 Å². The predicted octanol–water partition coefficient (Wildman–Crippen LogP) is 4.73. The molecular weight excluding hydrogens is 296 g/mol. The van der Waals surface area contributed by atoms with Gasteiger partial charge in [-0.25, -0.2) is 4.39 Å². The van der Waals surface area contributed by atoms with E-state index in [1.54, 1.807) is 0 Å². The van der Waals surface area contributed by atoms with Gasteiger partial charge in [-0.1, -0.05) is 29.8 Å². The molecule has 0 aliphatic rings. The highest BCUT2D eigenvalue weighted by molar-refractivity contribution is 6.35. The van der Waals surface area contributed by atoms with E-state index in [9.17, 15) is 22.4 Å². The molecule has 0 atom stereocenters. The Labute approximate surface area is 116 Å². The molecular formula is C14H7ClF4O. The fraction of sp³-hybridized carbons (Fsp3) is 0.0714. The van der Waals surface area contributed by atoms with Crippen LogP contribution < -0.4 is 0 Å². The lowest BCUT2D eigenvalue weighted by Crippen LogP contribution is -2.14. The first-order chi connectivity index (χ1) is 9.30. The highest BCUT2D eigenvalue weighted by Crippen LogP contribution is 2.33. The van der Waals surface area contributed by atoms with Gasteiger partial charge in [-0.2, -0.15) is 13.2 Å². The van der Waals surface area contributed by atoms with Crippen LogP contribution in [0.4, 0.5) is 17.6 Å². The Balaban J connectivity index is 2.55. The van der Waals surface area contributed by atoms with Crippen LogP contribution in [0.25, 0.3) is 0 Å². The molecule has 0 amide bonds. The summed E-state index contributed by atoms with van der Waals surface area (Å²) < 4.78 is 51.4. The summed E-state index contributed by atoms with van der Waals surface area (Å²) >= 11 is 5.70. The molecule has 2 aromatic carbocycles. The van der Waals surface area contributed by atoms with E-state index in [1.807, 2.05) is 0 Å². The van der Waals surface area contributed by atoms with Gasteiger partial charge in [-0.05, 0) is 24.3 Å². The number of hydrogen-bond acceptors (Lipinski definition) is 1. The van der Waals surface area contributed by atoms with E-state index in [4.69, 9.17) is 11.6 Å². The Hall–Kier alpha value is -1.88. The second-order valence-corrected chi connectivity index (χ2v) is 4.40. The number of ketones is 1. The zero-order valence-electron chi connectivity index (χ0n) is 9.84. The van der Waals surface area contributed by atoms with Crippen molar-refractivity contribution in [1.29, 1.82) is 0 Å². The maximum absolute atomic E-state index is 12.9. The van der Waals surface area contributed by atoms with Crippen LogP contribution in [0.2, 0.25) is 5.02 Å². The molecule has 0 aromatic heterocycles. The van der Waals surface area contributed by atoms with E-state index < -0.39 is 28.9 Å². The van der Waals surface area contributed by atoms with Crippen molar-refractivity contribution < 1.29 is 22.4 Å².